The molecule has 3 aromatic rings. The Hall–Kier alpha value is -2.23. The lowest BCUT2D eigenvalue weighted by Gasteiger charge is -2.12. The number of carbonyl (C=O) groups is 1. The lowest BCUT2D eigenvalue weighted by molar-refractivity contribution is 0.0601. The number of halogens is 1. The van der Waals surface area contributed by atoms with Gasteiger partial charge in [-0.1, -0.05) is 35.0 Å². The van der Waals surface area contributed by atoms with Crippen molar-refractivity contribution < 1.29 is 9.53 Å². The standard InChI is InChI=1S/C22H25BrN4O2S2/c1-6-17-14(4)31-20(18(17)21(28)29-5)25-22(30)24-19-12(2)26-27(13(19)3)11-15-7-9-16(23)10-8-15/h7-10H,6,11H2,1-5H3,(H2,24,25,30). The number of nitrogens with zero attached hydrogens (tertiary/aromatic N) is 2. The van der Waals surface area contributed by atoms with Crippen molar-refractivity contribution in [3.63, 3.8) is 0 Å². The average Bonchev–Trinajstić information content (AvgIpc) is 3.19. The Morgan fingerprint density at radius 1 is 1.23 bits per heavy atom. The van der Waals surface area contributed by atoms with E-state index in [9.17, 15) is 4.79 Å². The number of thiophene rings is 1. The van der Waals surface area contributed by atoms with Crippen molar-refractivity contribution in [2.75, 3.05) is 17.7 Å². The Kier molecular flexibility index (Phi) is 7.51. The molecule has 0 aliphatic rings. The first kappa shape index (κ1) is 23.4. The van der Waals surface area contributed by atoms with E-state index < -0.39 is 0 Å². The molecule has 1 aromatic carbocycles. The first-order valence-corrected chi connectivity index (χ1v) is 11.8. The highest BCUT2D eigenvalue weighted by Gasteiger charge is 2.23. The number of thiocarbonyl (C=S) groups is 1. The van der Waals surface area contributed by atoms with Crippen LogP contribution in [0.2, 0.25) is 0 Å². The van der Waals surface area contributed by atoms with Crippen LogP contribution in [0.25, 0.3) is 0 Å². The van der Waals surface area contributed by atoms with Gasteiger partial charge in [0.05, 0.1) is 36.3 Å². The topological polar surface area (TPSA) is 68.2 Å². The summed E-state index contributed by atoms with van der Waals surface area (Å²) in [5.74, 6) is -0.360. The lowest BCUT2D eigenvalue weighted by atomic mass is 10.1. The van der Waals surface area contributed by atoms with Gasteiger partial charge in [-0.05, 0) is 62.7 Å². The van der Waals surface area contributed by atoms with E-state index in [4.69, 9.17) is 17.0 Å². The Bertz CT molecular complexity index is 1120. The second-order valence-corrected chi connectivity index (χ2v) is 9.64. The Morgan fingerprint density at radius 3 is 2.52 bits per heavy atom. The molecule has 0 unspecified atom stereocenters. The minimum Gasteiger partial charge on any atom is -0.465 e. The van der Waals surface area contributed by atoms with Gasteiger partial charge < -0.3 is 15.4 Å². The van der Waals surface area contributed by atoms with E-state index in [1.807, 2.05) is 44.5 Å². The minimum absolute atomic E-state index is 0.360. The summed E-state index contributed by atoms with van der Waals surface area (Å²) in [5.41, 5.74) is 5.38. The Morgan fingerprint density at radius 2 is 1.90 bits per heavy atom. The third kappa shape index (κ3) is 5.16. The summed E-state index contributed by atoms with van der Waals surface area (Å²) in [7, 11) is 1.39. The molecule has 0 radical (unpaired) electrons. The van der Waals surface area contributed by atoms with Gasteiger partial charge in [0.15, 0.2) is 5.11 Å². The molecule has 0 spiro atoms. The van der Waals surface area contributed by atoms with Gasteiger partial charge in [-0.15, -0.1) is 11.3 Å². The number of anilines is 2. The Balaban J connectivity index is 1.79. The zero-order chi connectivity index (χ0) is 22.7. The number of rotatable bonds is 6. The van der Waals surface area contributed by atoms with Crippen molar-refractivity contribution in [2.45, 2.75) is 40.7 Å². The molecule has 2 heterocycles. The summed E-state index contributed by atoms with van der Waals surface area (Å²) in [6.07, 6.45) is 0.746. The highest BCUT2D eigenvalue weighted by atomic mass is 79.9. The number of methoxy groups -OCH3 is 1. The van der Waals surface area contributed by atoms with E-state index in [2.05, 4.69) is 43.8 Å². The number of ether oxygens (including phenoxy) is 1. The van der Waals surface area contributed by atoms with Gasteiger partial charge in [-0.2, -0.15) is 5.10 Å². The molecule has 6 nitrogen and oxygen atoms in total. The highest BCUT2D eigenvalue weighted by Crippen LogP contribution is 2.34. The van der Waals surface area contributed by atoms with Crippen molar-refractivity contribution in [2.24, 2.45) is 0 Å². The second kappa shape index (κ2) is 9.93. The summed E-state index contributed by atoms with van der Waals surface area (Å²) in [4.78, 5) is 13.4. The van der Waals surface area contributed by atoms with E-state index in [1.165, 1.54) is 18.4 Å². The molecule has 9 heteroatoms. The summed E-state index contributed by atoms with van der Waals surface area (Å²) < 4.78 is 7.98. The molecule has 0 saturated heterocycles. The number of aromatic nitrogens is 2. The predicted molar refractivity (Wildman–Crippen MR) is 135 cm³/mol. The van der Waals surface area contributed by atoms with Gasteiger partial charge >= 0.3 is 5.97 Å². The van der Waals surface area contributed by atoms with E-state index in [0.717, 1.165) is 44.0 Å². The normalized spacial score (nSPS) is 10.8. The van der Waals surface area contributed by atoms with Gasteiger partial charge in [0, 0.05) is 9.35 Å². The Labute approximate surface area is 200 Å². The van der Waals surface area contributed by atoms with Gasteiger partial charge in [0.2, 0.25) is 0 Å². The maximum atomic E-state index is 12.3. The predicted octanol–water partition coefficient (Wildman–Crippen LogP) is 5.84. The molecule has 0 amide bonds. The SMILES string of the molecule is CCc1c(C)sc(NC(=S)Nc2c(C)nn(Cc3ccc(Br)cc3)c2C)c1C(=O)OC. The number of nitrogens with one attached hydrogen (secondary N) is 2. The number of esters is 1. The fourth-order valence-electron chi connectivity index (χ4n) is 3.45. The van der Waals surface area contributed by atoms with Crippen molar-refractivity contribution in [3.05, 3.63) is 61.7 Å². The van der Waals surface area contributed by atoms with E-state index in [1.54, 1.807) is 0 Å². The molecule has 164 valence electrons. The van der Waals surface area contributed by atoms with Crippen molar-refractivity contribution >= 4 is 61.3 Å². The monoisotopic (exact) mass is 520 g/mol. The zero-order valence-corrected chi connectivity index (χ0v) is 21.3. The van der Waals surface area contributed by atoms with Crippen LogP contribution < -0.4 is 10.6 Å². The molecule has 0 aliphatic heterocycles. The van der Waals surface area contributed by atoms with Gasteiger partial charge in [0.25, 0.3) is 0 Å². The highest BCUT2D eigenvalue weighted by molar-refractivity contribution is 9.10. The van der Waals surface area contributed by atoms with Gasteiger partial charge in [-0.25, -0.2) is 4.79 Å². The first-order valence-electron chi connectivity index (χ1n) is 9.82. The molecule has 0 bridgehead atoms. The summed E-state index contributed by atoms with van der Waals surface area (Å²) >= 11 is 10.5. The van der Waals surface area contributed by atoms with Crippen LogP contribution in [-0.2, 0) is 17.7 Å². The van der Waals surface area contributed by atoms with Crippen LogP contribution in [-0.4, -0.2) is 28.0 Å². The maximum Gasteiger partial charge on any atom is 0.341 e. The third-order valence-electron chi connectivity index (χ3n) is 5.04. The summed E-state index contributed by atoms with van der Waals surface area (Å²) in [5, 5.41) is 12.2. The van der Waals surface area contributed by atoms with E-state index >= 15 is 0 Å². The van der Waals surface area contributed by atoms with Crippen LogP contribution in [0.4, 0.5) is 10.7 Å². The molecule has 2 aromatic heterocycles. The number of benzene rings is 1. The van der Waals surface area contributed by atoms with Crippen LogP contribution >= 0.6 is 39.5 Å². The van der Waals surface area contributed by atoms with Crippen molar-refractivity contribution in [1.29, 1.82) is 0 Å². The minimum atomic E-state index is -0.360. The summed E-state index contributed by atoms with van der Waals surface area (Å²) in [6.45, 7) is 8.64. The fourth-order valence-corrected chi connectivity index (χ4v) is 5.12. The van der Waals surface area contributed by atoms with E-state index in [-0.39, 0.29) is 5.97 Å². The summed E-state index contributed by atoms with van der Waals surface area (Å²) in [6, 6.07) is 8.18. The molecule has 3 rings (SSSR count). The third-order valence-corrected chi connectivity index (χ3v) is 6.84. The molecule has 0 aliphatic carbocycles. The lowest BCUT2D eigenvalue weighted by Crippen LogP contribution is -2.21. The number of hydrogen-bond donors (Lipinski definition) is 2. The molecule has 31 heavy (non-hydrogen) atoms. The average molecular weight is 522 g/mol. The van der Waals surface area contributed by atoms with Crippen LogP contribution in [0, 0.1) is 20.8 Å². The quantitative estimate of drug-likeness (QED) is 0.314. The van der Waals surface area contributed by atoms with Crippen LogP contribution in [0.1, 0.15) is 44.7 Å². The second-order valence-electron chi connectivity index (χ2n) is 7.10. The first-order chi connectivity index (χ1) is 14.7. The molecule has 2 N–H and O–H groups in total. The van der Waals surface area contributed by atoms with Crippen LogP contribution in [0.3, 0.4) is 0 Å². The van der Waals surface area contributed by atoms with Crippen molar-refractivity contribution in [3.8, 4) is 0 Å². The number of carbonyl (C=O) groups excluding carboxylic acids is 1. The molecular formula is C22H25BrN4O2S2. The van der Waals surface area contributed by atoms with Crippen LogP contribution in [0.15, 0.2) is 28.7 Å². The number of hydrogen-bond acceptors (Lipinski definition) is 5. The molecule has 0 atom stereocenters. The smallest absolute Gasteiger partial charge is 0.341 e. The molecule has 0 saturated carbocycles. The maximum absolute atomic E-state index is 12.3. The largest absolute Gasteiger partial charge is 0.465 e. The zero-order valence-electron chi connectivity index (χ0n) is 18.1. The van der Waals surface area contributed by atoms with E-state index in [0.29, 0.717) is 22.2 Å². The fraction of sp³-hybridized carbons (Fsp3) is 0.318. The molecule has 0 fully saturated rings. The van der Waals surface area contributed by atoms with Crippen molar-refractivity contribution in [1.82, 2.24) is 9.78 Å². The number of aryl methyl sites for hydroxylation is 2. The van der Waals surface area contributed by atoms with Crippen LogP contribution in [0.5, 0.6) is 0 Å². The molecular weight excluding hydrogens is 496 g/mol. The van der Waals surface area contributed by atoms with Gasteiger partial charge in [0.1, 0.15) is 5.00 Å². The van der Waals surface area contributed by atoms with Gasteiger partial charge in [-0.3, -0.25) is 4.68 Å².